The van der Waals surface area contributed by atoms with Crippen LogP contribution in [0.4, 0.5) is 5.69 Å². The molecule has 1 aliphatic rings. The molecule has 1 atom stereocenters. The lowest BCUT2D eigenvalue weighted by Crippen LogP contribution is -2.27. The number of benzene rings is 1. The van der Waals surface area contributed by atoms with Crippen molar-refractivity contribution in [1.29, 1.82) is 0 Å². The first-order valence-electron chi connectivity index (χ1n) is 5.70. The molecule has 2 nitrogen and oxygen atoms in total. The van der Waals surface area contributed by atoms with Crippen LogP contribution in [0.2, 0.25) is 0 Å². The van der Waals surface area contributed by atoms with Crippen LogP contribution in [0, 0.1) is 5.92 Å². The van der Waals surface area contributed by atoms with Crippen molar-refractivity contribution >= 4 is 5.69 Å². The molecule has 1 heterocycles. The second-order valence-electron chi connectivity index (χ2n) is 4.63. The Hall–Kier alpha value is -1.02. The van der Waals surface area contributed by atoms with E-state index >= 15 is 0 Å². The van der Waals surface area contributed by atoms with Gasteiger partial charge < -0.3 is 9.80 Å². The number of hydrogen-bond acceptors (Lipinski definition) is 2. The molecule has 2 heteroatoms. The minimum Gasteiger partial charge on any atom is -0.374 e. The number of nitrogens with zero attached hydrogens (tertiary/aromatic N) is 2. The van der Waals surface area contributed by atoms with Gasteiger partial charge >= 0.3 is 0 Å². The molecule has 0 aliphatic carbocycles. The lowest BCUT2D eigenvalue weighted by Gasteiger charge is -2.23. The number of rotatable bonds is 3. The van der Waals surface area contributed by atoms with Crippen molar-refractivity contribution < 1.29 is 0 Å². The van der Waals surface area contributed by atoms with E-state index in [2.05, 4.69) is 54.2 Å². The lowest BCUT2D eigenvalue weighted by atomic mass is 10.1. The molecule has 0 bridgehead atoms. The summed E-state index contributed by atoms with van der Waals surface area (Å²) in [5, 5.41) is 0. The minimum atomic E-state index is 0.834. The average Bonchev–Trinajstić information content (AvgIpc) is 2.65. The highest BCUT2D eigenvalue weighted by Gasteiger charge is 2.20. The van der Waals surface area contributed by atoms with Gasteiger partial charge in [0, 0.05) is 25.8 Å². The normalized spacial score (nSPS) is 21.9. The molecule has 1 saturated heterocycles. The largest absolute Gasteiger partial charge is 0.374 e. The highest BCUT2D eigenvalue weighted by molar-refractivity contribution is 5.45. The molecule has 0 spiro atoms. The lowest BCUT2D eigenvalue weighted by molar-refractivity contribution is 0.396. The van der Waals surface area contributed by atoms with Crippen LogP contribution in [0.25, 0.3) is 0 Å². The van der Waals surface area contributed by atoms with Gasteiger partial charge in [0.25, 0.3) is 0 Å². The first kappa shape index (κ1) is 10.5. The minimum absolute atomic E-state index is 0.834. The van der Waals surface area contributed by atoms with Crippen LogP contribution in [0.15, 0.2) is 30.3 Å². The summed E-state index contributed by atoms with van der Waals surface area (Å²) >= 11 is 0. The van der Waals surface area contributed by atoms with Gasteiger partial charge in [0.15, 0.2) is 0 Å². The maximum atomic E-state index is 2.42. The van der Waals surface area contributed by atoms with E-state index < -0.39 is 0 Å². The Morgan fingerprint density at radius 2 is 2.07 bits per heavy atom. The SMILES string of the molecule is CN1CCC(CN(C)c2ccccc2)C1. The predicted octanol–water partition coefficient (Wildman–Crippen LogP) is 2.07. The van der Waals surface area contributed by atoms with Crippen LogP contribution in [-0.4, -0.2) is 38.6 Å². The summed E-state index contributed by atoms with van der Waals surface area (Å²) < 4.78 is 0. The van der Waals surface area contributed by atoms with E-state index in [1.807, 2.05) is 0 Å². The Balaban J connectivity index is 1.90. The van der Waals surface area contributed by atoms with Crippen molar-refractivity contribution in [2.45, 2.75) is 6.42 Å². The second-order valence-corrected chi connectivity index (χ2v) is 4.63. The zero-order valence-electron chi connectivity index (χ0n) is 9.69. The fourth-order valence-corrected chi connectivity index (χ4v) is 2.35. The summed E-state index contributed by atoms with van der Waals surface area (Å²) in [6.45, 7) is 3.68. The van der Waals surface area contributed by atoms with E-state index in [0.717, 1.165) is 5.92 Å². The molecule has 0 radical (unpaired) electrons. The summed E-state index contributed by atoms with van der Waals surface area (Å²) in [4.78, 5) is 4.79. The standard InChI is InChI=1S/C13H20N2/c1-14-9-8-12(10-14)11-15(2)13-6-4-3-5-7-13/h3-7,12H,8-11H2,1-2H3. The van der Waals surface area contributed by atoms with Crippen molar-refractivity contribution in [1.82, 2.24) is 4.90 Å². The average molecular weight is 204 g/mol. The topological polar surface area (TPSA) is 6.48 Å². The monoisotopic (exact) mass is 204 g/mol. The third kappa shape index (κ3) is 2.72. The van der Waals surface area contributed by atoms with Crippen LogP contribution < -0.4 is 4.90 Å². The van der Waals surface area contributed by atoms with E-state index in [1.165, 1.54) is 31.7 Å². The van der Waals surface area contributed by atoms with Gasteiger partial charge in [0.1, 0.15) is 0 Å². The predicted molar refractivity (Wildman–Crippen MR) is 65.3 cm³/mol. The zero-order chi connectivity index (χ0) is 10.7. The van der Waals surface area contributed by atoms with E-state index in [1.54, 1.807) is 0 Å². The van der Waals surface area contributed by atoms with Gasteiger partial charge in [0.05, 0.1) is 0 Å². The van der Waals surface area contributed by atoms with Gasteiger partial charge in [-0.1, -0.05) is 18.2 Å². The quantitative estimate of drug-likeness (QED) is 0.743. The fraction of sp³-hybridized carbons (Fsp3) is 0.538. The third-order valence-corrected chi connectivity index (χ3v) is 3.22. The molecular weight excluding hydrogens is 184 g/mol. The van der Waals surface area contributed by atoms with Gasteiger partial charge in [0.2, 0.25) is 0 Å². The van der Waals surface area contributed by atoms with Crippen molar-refractivity contribution in [2.75, 3.05) is 38.6 Å². The van der Waals surface area contributed by atoms with E-state index in [0.29, 0.717) is 0 Å². The molecular formula is C13H20N2. The summed E-state index contributed by atoms with van der Waals surface area (Å²) in [6, 6.07) is 10.6. The van der Waals surface area contributed by atoms with Crippen LogP contribution in [0.5, 0.6) is 0 Å². The molecule has 0 saturated carbocycles. The van der Waals surface area contributed by atoms with Gasteiger partial charge in [-0.3, -0.25) is 0 Å². The number of hydrogen-bond donors (Lipinski definition) is 0. The molecule has 1 fully saturated rings. The number of likely N-dealkylation sites (tertiary alicyclic amines) is 1. The Bertz CT molecular complexity index is 297. The summed E-state index contributed by atoms with van der Waals surface area (Å²) in [5.74, 6) is 0.834. The first-order chi connectivity index (χ1) is 7.25. The number of para-hydroxylation sites is 1. The fourth-order valence-electron chi connectivity index (χ4n) is 2.35. The van der Waals surface area contributed by atoms with Crippen LogP contribution in [0.1, 0.15) is 6.42 Å². The van der Waals surface area contributed by atoms with Gasteiger partial charge in [-0.05, 0) is 38.1 Å². The van der Waals surface area contributed by atoms with Crippen molar-refractivity contribution in [2.24, 2.45) is 5.92 Å². The highest BCUT2D eigenvalue weighted by atomic mass is 15.1. The van der Waals surface area contributed by atoms with Crippen molar-refractivity contribution in [3.63, 3.8) is 0 Å². The summed E-state index contributed by atoms with van der Waals surface area (Å²) in [7, 11) is 4.40. The molecule has 2 rings (SSSR count). The number of anilines is 1. The molecule has 15 heavy (non-hydrogen) atoms. The molecule has 1 aromatic rings. The Morgan fingerprint density at radius 1 is 1.33 bits per heavy atom. The molecule has 0 aromatic heterocycles. The van der Waals surface area contributed by atoms with Crippen LogP contribution >= 0.6 is 0 Å². The third-order valence-electron chi connectivity index (χ3n) is 3.22. The summed E-state index contributed by atoms with van der Waals surface area (Å²) in [5.41, 5.74) is 1.33. The van der Waals surface area contributed by atoms with Crippen LogP contribution in [-0.2, 0) is 0 Å². The Labute approximate surface area is 92.5 Å². The van der Waals surface area contributed by atoms with Crippen molar-refractivity contribution in [3.05, 3.63) is 30.3 Å². The molecule has 0 N–H and O–H groups in total. The first-order valence-corrected chi connectivity index (χ1v) is 5.70. The maximum absolute atomic E-state index is 2.42. The van der Waals surface area contributed by atoms with Gasteiger partial charge in [-0.25, -0.2) is 0 Å². The van der Waals surface area contributed by atoms with E-state index in [9.17, 15) is 0 Å². The molecule has 1 aromatic carbocycles. The maximum Gasteiger partial charge on any atom is 0.0363 e. The van der Waals surface area contributed by atoms with Crippen LogP contribution in [0.3, 0.4) is 0 Å². The zero-order valence-corrected chi connectivity index (χ0v) is 9.69. The molecule has 0 amide bonds. The second kappa shape index (κ2) is 4.67. The molecule has 1 unspecified atom stereocenters. The van der Waals surface area contributed by atoms with E-state index in [-0.39, 0.29) is 0 Å². The van der Waals surface area contributed by atoms with Crippen molar-refractivity contribution in [3.8, 4) is 0 Å². The van der Waals surface area contributed by atoms with E-state index in [4.69, 9.17) is 0 Å². The Morgan fingerprint density at radius 3 is 2.67 bits per heavy atom. The highest BCUT2D eigenvalue weighted by Crippen LogP contribution is 2.18. The smallest absolute Gasteiger partial charge is 0.0363 e. The molecule has 82 valence electrons. The Kier molecular flexibility index (Phi) is 3.27. The van der Waals surface area contributed by atoms with Gasteiger partial charge in [-0.2, -0.15) is 0 Å². The molecule has 1 aliphatic heterocycles. The summed E-state index contributed by atoms with van der Waals surface area (Å²) in [6.07, 6.45) is 1.34. The van der Waals surface area contributed by atoms with Gasteiger partial charge in [-0.15, -0.1) is 0 Å².